The van der Waals surface area contributed by atoms with Gasteiger partial charge in [0.05, 0.1) is 11.4 Å². The molecule has 1 fully saturated rings. The van der Waals surface area contributed by atoms with E-state index >= 15 is 0 Å². The normalized spacial score (nSPS) is 16.6. The quantitative estimate of drug-likeness (QED) is 0.832. The second-order valence-electron chi connectivity index (χ2n) is 4.84. The highest BCUT2D eigenvalue weighted by atomic mass is 16.1. The van der Waals surface area contributed by atoms with Gasteiger partial charge in [0.2, 0.25) is 5.91 Å². The third-order valence-corrected chi connectivity index (χ3v) is 3.15. The number of hydrogen-bond acceptors (Lipinski definition) is 3. The molecule has 1 aromatic heterocycles. The molecule has 1 heterocycles. The zero-order chi connectivity index (χ0) is 12.4. The van der Waals surface area contributed by atoms with E-state index < -0.39 is 0 Å². The standard InChI is InChI=1S/C13H19N3O/c1-8-3-6-12(9(2)15-8)16-13(17)7-11(14)10-4-5-10/h3,6,10-11H,4-5,7,14H2,1-2H3,(H,16,17). The van der Waals surface area contributed by atoms with Gasteiger partial charge in [-0.25, -0.2) is 0 Å². The Hall–Kier alpha value is -1.42. The molecule has 1 aliphatic carbocycles. The first-order valence-corrected chi connectivity index (χ1v) is 6.06. The predicted octanol–water partition coefficient (Wildman–Crippen LogP) is 1.76. The molecule has 0 spiro atoms. The number of hydrogen-bond donors (Lipinski definition) is 2. The summed E-state index contributed by atoms with van der Waals surface area (Å²) >= 11 is 0. The molecular formula is C13H19N3O. The van der Waals surface area contributed by atoms with Gasteiger partial charge in [0, 0.05) is 18.2 Å². The third-order valence-electron chi connectivity index (χ3n) is 3.15. The molecule has 0 radical (unpaired) electrons. The van der Waals surface area contributed by atoms with Crippen molar-refractivity contribution in [1.29, 1.82) is 0 Å². The van der Waals surface area contributed by atoms with E-state index in [1.54, 1.807) is 0 Å². The fourth-order valence-corrected chi connectivity index (χ4v) is 1.93. The molecule has 4 nitrogen and oxygen atoms in total. The molecule has 4 heteroatoms. The first-order valence-electron chi connectivity index (χ1n) is 6.06. The Balaban J connectivity index is 1.92. The van der Waals surface area contributed by atoms with Crippen LogP contribution < -0.4 is 11.1 Å². The maximum absolute atomic E-state index is 11.8. The summed E-state index contributed by atoms with van der Waals surface area (Å²) < 4.78 is 0. The van der Waals surface area contributed by atoms with Crippen molar-refractivity contribution < 1.29 is 4.79 Å². The fraction of sp³-hybridized carbons (Fsp3) is 0.538. The van der Waals surface area contributed by atoms with Crippen LogP contribution in [0.3, 0.4) is 0 Å². The number of nitrogens with zero attached hydrogens (tertiary/aromatic N) is 1. The summed E-state index contributed by atoms with van der Waals surface area (Å²) in [6.07, 6.45) is 2.73. The van der Waals surface area contributed by atoms with Crippen LogP contribution in [0.25, 0.3) is 0 Å². The van der Waals surface area contributed by atoms with E-state index in [1.165, 1.54) is 12.8 Å². The van der Waals surface area contributed by atoms with Crippen LogP contribution >= 0.6 is 0 Å². The van der Waals surface area contributed by atoms with E-state index in [0.717, 1.165) is 17.1 Å². The molecule has 0 bridgehead atoms. The van der Waals surface area contributed by atoms with Gasteiger partial charge in [-0.2, -0.15) is 0 Å². The molecule has 1 aromatic rings. The smallest absolute Gasteiger partial charge is 0.225 e. The summed E-state index contributed by atoms with van der Waals surface area (Å²) in [5.41, 5.74) is 8.50. The highest BCUT2D eigenvalue weighted by Crippen LogP contribution is 2.32. The summed E-state index contributed by atoms with van der Waals surface area (Å²) in [5.74, 6) is 0.538. The van der Waals surface area contributed by atoms with Crippen LogP contribution in [0.15, 0.2) is 12.1 Å². The molecule has 1 amide bonds. The summed E-state index contributed by atoms with van der Waals surface area (Å²) in [5, 5.41) is 2.87. The SMILES string of the molecule is Cc1ccc(NC(=O)CC(N)C2CC2)c(C)n1. The number of nitrogens with two attached hydrogens (primary N) is 1. The summed E-state index contributed by atoms with van der Waals surface area (Å²) in [6, 6.07) is 3.79. The highest BCUT2D eigenvalue weighted by Gasteiger charge is 2.29. The Bertz CT molecular complexity index is 427. The van der Waals surface area contributed by atoms with Crippen molar-refractivity contribution in [3.8, 4) is 0 Å². The minimum absolute atomic E-state index is 0.00807. The van der Waals surface area contributed by atoms with Gasteiger partial charge in [0.1, 0.15) is 0 Å². The minimum atomic E-state index is -0.0156. The van der Waals surface area contributed by atoms with Crippen LogP contribution in [0.5, 0.6) is 0 Å². The van der Waals surface area contributed by atoms with Crippen LogP contribution in [0.2, 0.25) is 0 Å². The van der Waals surface area contributed by atoms with Crippen LogP contribution in [0, 0.1) is 19.8 Å². The average molecular weight is 233 g/mol. The molecule has 17 heavy (non-hydrogen) atoms. The van der Waals surface area contributed by atoms with Gasteiger partial charge in [-0.15, -0.1) is 0 Å². The summed E-state index contributed by atoms with van der Waals surface area (Å²) in [4.78, 5) is 16.1. The number of nitrogens with one attached hydrogen (secondary N) is 1. The number of rotatable bonds is 4. The lowest BCUT2D eigenvalue weighted by Gasteiger charge is -2.12. The maximum atomic E-state index is 11.8. The van der Waals surface area contributed by atoms with Crippen molar-refractivity contribution in [3.63, 3.8) is 0 Å². The van der Waals surface area contributed by atoms with Crippen molar-refractivity contribution in [2.45, 2.75) is 39.2 Å². The van der Waals surface area contributed by atoms with E-state index in [-0.39, 0.29) is 11.9 Å². The number of aromatic nitrogens is 1. The molecule has 1 atom stereocenters. The molecule has 2 rings (SSSR count). The molecule has 0 aliphatic heterocycles. The molecule has 3 N–H and O–H groups in total. The van der Waals surface area contributed by atoms with E-state index in [1.807, 2.05) is 26.0 Å². The first kappa shape index (κ1) is 12.0. The number of aryl methyl sites for hydroxylation is 2. The zero-order valence-electron chi connectivity index (χ0n) is 10.4. The van der Waals surface area contributed by atoms with Gasteiger partial charge in [0.15, 0.2) is 0 Å². The Labute approximate surface area is 102 Å². The second kappa shape index (κ2) is 4.84. The zero-order valence-corrected chi connectivity index (χ0v) is 10.4. The van der Waals surface area contributed by atoms with Gasteiger partial charge >= 0.3 is 0 Å². The Morgan fingerprint density at radius 2 is 2.24 bits per heavy atom. The fourth-order valence-electron chi connectivity index (χ4n) is 1.93. The Morgan fingerprint density at radius 1 is 1.53 bits per heavy atom. The third kappa shape index (κ3) is 3.27. The summed E-state index contributed by atoms with van der Waals surface area (Å²) in [7, 11) is 0. The number of carbonyl (C=O) groups excluding carboxylic acids is 1. The van der Waals surface area contributed by atoms with Crippen molar-refractivity contribution in [1.82, 2.24) is 4.98 Å². The highest BCUT2D eigenvalue weighted by molar-refractivity contribution is 5.91. The van der Waals surface area contributed by atoms with Gasteiger partial charge in [-0.3, -0.25) is 9.78 Å². The lowest BCUT2D eigenvalue weighted by Crippen LogP contribution is -2.29. The lowest BCUT2D eigenvalue weighted by molar-refractivity contribution is -0.116. The van der Waals surface area contributed by atoms with Crippen molar-refractivity contribution >= 4 is 11.6 Å². The topological polar surface area (TPSA) is 68.0 Å². The van der Waals surface area contributed by atoms with Crippen molar-refractivity contribution in [2.75, 3.05) is 5.32 Å². The van der Waals surface area contributed by atoms with E-state index in [0.29, 0.717) is 12.3 Å². The molecule has 0 saturated heterocycles. The molecule has 0 aromatic carbocycles. The summed E-state index contributed by atoms with van der Waals surface area (Å²) in [6.45, 7) is 3.82. The predicted molar refractivity (Wildman–Crippen MR) is 67.7 cm³/mol. The molecule has 1 aliphatic rings. The van der Waals surface area contributed by atoms with E-state index in [2.05, 4.69) is 10.3 Å². The minimum Gasteiger partial charge on any atom is -0.327 e. The average Bonchev–Trinajstić information content (AvgIpc) is 3.05. The second-order valence-corrected chi connectivity index (χ2v) is 4.84. The molecular weight excluding hydrogens is 214 g/mol. The number of anilines is 1. The van der Waals surface area contributed by atoms with Crippen LogP contribution in [-0.2, 0) is 4.79 Å². The lowest BCUT2D eigenvalue weighted by atomic mass is 10.1. The van der Waals surface area contributed by atoms with Crippen LogP contribution in [-0.4, -0.2) is 16.9 Å². The van der Waals surface area contributed by atoms with E-state index in [9.17, 15) is 4.79 Å². The maximum Gasteiger partial charge on any atom is 0.225 e. The monoisotopic (exact) mass is 233 g/mol. The van der Waals surface area contributed by atoms with Crippen molar-refractivity contribution in [2.24, 2.45) is 11.7 Å². The van der Waals surface area contributed by atoms with Crippen molar-refractivity contribution in [3.05, 3.63) is 23.5 Å². The Kier molecular flexibility index (Phi) is 3.43. The molecule has 1 saturated carbocycles. The number of pyridine rings is 1. The largest absolute Gasteiger partial charge is 0.327 e. The van der Waals surface area contributed by atoms with Crippen LogP contribution in [0.4, 0.5) is 5.69 Å². The first-order chi connectivity index (χ1) is 8.06. The van der Waals surface area contributed by atoms with Gasteiger partial charge < -0.3 is 11.1 Å². The molecule has 92 valence electrons. The van der Waals surface area contributed by atoms with Gasteiger partial charge in [-0.05, 0) is 44.7 Å². The van der Waals surface area contributed by atoms with Gasteiger partial charge in [0.25, 0.3) is 0 Å². The Morgan fingerprint density at radius 3 is 2.82 bits per heavy atom. The molecule has 1 unspecified atom stereocenters. The van der Waals surface area contributed by atoms with Crippen LogP contribution in [0.1, 0.15) is 30.7 Å². The number of amides is 1. The number of carbonyl (C=O) groups is 1. The van der Waals surface area contributed by atoms with Gasteiger partial charge in [-0.1, -0.05) is 0 Å². The van der Waals surface area contributed by atoms with E-state index in [4.69, 9.17) is 5.73 Å².